The minimum Gasteiger partial charge on any atom is -0.392 e. The number of sulfonamides is 1. The number of piperazine rings is 1. The van der Waals surface area contributed by atoms with Crippen molar-refractivity contribution in [1.29, 1.82) is 0 Å². The lowest BCUT2D eigenvalue weighted by Gasteiger charge is -2.35. The summed E-state index contributed by atoms with van der Waals surface area (Å²) >= 11 is 1.04. The number of aliphatic hydroxyl groups excluding tert-OH is 1. The minimum absolute atomic E-state index is 0.0143. The van der Waals surface area contributed by atoms with Gasteiger partial charge in [-0.05, 0) is 19.1 Å². The lowest BCUT2D eigenvalue weighted by atomic mass is 10.2. The molecule has 1 aromatic heterocycles. The van der Waals surface area contributed by atoms with E-state index in [0.29, 0.717) is 24.5 Å². The molecule has 7 nitrogen and oxygen atoms in total. The Morgan fingerprint density at radius 2 is 2.00 bits per heavy atom. The summed E-state index contributed by atoms with van der Waals surface area (Å²) in [5.74, 6) is -0.0143. The molecule has 3 N–H and O–H groups in total. The van der Waals surface area contributed by atoms with Gasteiger partial charge in [-0.3, -0.25) is 9.69 Å². The molecule has 124 valence electrons. The first-order valence-corrected chi connectivity index (χ1v) is 9.41. The lowest BCUT2D eigenvalue weighted by molar-refractivity contribution is -0.132. The number of carbonyl (C=O) groups is 1. The molecule has 0 spiro atoms. The number of nitrogens with two attached hydrogens (primary N) is 1. The Kier molecular flexibility index (Phi) is 5.56. The third kappa shape index (κ3) is 4.75. The summed E-state index contributed by atoms with van der Waals surface area (Å²) in [6.45, 7) is 5.09. The molecule has 0 aromatic carbocycles. The van der Waals surface area contributed by atoms with Gasteiger partial charge < -0.3 is 10.0 Å². The first kappa shape index (κ1) is 17.4. The molecule has 2 heterocycles. The number of β-amino-alcohol motifs (C(OH)–C–C–N with tert-alkyl or cyclic N) is 1. The second-order valence-electron chi connectivity index (χ2n) is 5.47. The van der Waals surface area contributed by atoms with Gasteiger partial charge in [0.25, 0.3) is 0 Å². The predicted octanol–water partition coefficient (Wildman–Crippen LogP) is -0.537. The van der Waals surface area contributed by atoms with Gasteiger partial charge in [0.15, 0.2) is 0 Å². The number of rotatable bonds is 5. The van der Waals surface area contributed by atoms with Gasteiger partial charge in [0, 0.05) is 37.6 Å². The van der Waals surface area contributed by atoms with E-state index in [9.17, 15) is 18.3 Å². The van der Waals surface area contributed by atoms with Crippen molar-refractivity contribution >= 4 is 27.3 Å². The molecule has 0 saturated carbocycles. The molecule has 0 unspecified atom stereocenters. The average Bonchev–Trinajstić information content (AvgIpc) is 2.87. The molecule has 0 aliphatic carbocycles. The molecule has 1 aliphatic heterocycles. The van der Waals surface area contributed by atoms with E-state index >= 15 is 0 Å². The summed E-state index contributed by atoms with van der Waals surface area (Å²) < 4.78 is 22.5. The molecular weight excluding hydrogens is 326 g/mol. The van der Waals surface area contributed by atoms with Crippen molar-refractivity contribution in [2.24, 2.45) is 5.14 Å². The van der Waals surface area contributed by atoms with Crippen LogP contribution in [0.1, 0.15) is 11.8 Å². The van der Waals surface area contributed by atoms with Crippen molar-refractivity contribution in [3.05, 3.63) is 17.0 Å². The van der Waals surface area contributed by atoms with Crippen molar-refractivity contribution in [3.8, 4) is 0 Å². The largest absolute Gasteiger partial charge is 0.392 e. The van der Waals surface area contributed by atoms with Gasteiger partial charge in [-0.1, -0.05) is 0 Å². The van der Waals surface area contributed by atoms with Crippen molar-refractivity contribution in [3.63, 3.8) is 0 Å². The number of amides is 1. The quantitative estimate of drug-likeness (QED) is 0.745. The van der Waals surface area contributed by atoms with Gasteiger partial charge in [0.05, 0.1) is 12.5 Å². The highest BCUT2D eigenvalue weighted by Gasteiger charge is 2.22. The van der Waals surface area contributed by atoms with Crippen molar-refractivity contribution in [2.45, 2.75) is 23.7 Å². The molecule has 1 fully saturated rings. The van der Waals surface area contributed by atoms with Gasteiger partial charge in [0.2, 0.25) is 15.9 Å². The van der Waals surface area contributed by atoms with E-state index in [1.807, 2.05) is 0 Å². The van der Waals surface area contributed by atoms with Crippen LogP contribution in [-0.4, -0.2) is 68.1 Å². The summed E-state index contributed by atoms with van der Waals surface area (Å²) in [4.78, 5) is 16.8. The maximum atomic E-state index is 12.2. The van der Waals surface area contributed by atoms with Gasteiger partial charge in [-0.15, -0.1) is 11.3 Å². The maximum Gasteiger partial charge on any atom is 0.247 e. The fourth-order valence-electron chi connectivity index (χ4n) is 2.42. The van der Waals surface area contributed by atoms with Crippen LogP contribution in [0.4, 0.5) is 0 Å². The molecule has 9 heteroatoms. The van der Waals surface area contributed by atoms with E-state index in [4.69, 9.17) is 5.14 Å². The SMILES string of the molecule is C[C@H](O)CN1CCN(C(=O)Cc2ccc(S(N)(=O)=O)s2)CC1. The zero-order chi connectivity index (χ0) is 16.3. The molecule has 1 atom stereocenters. The van der Waals surface area contributed by atoms with Gasteiger partial charge in [-0.2, -0.15) is 0 Å². The standard InChI is InChI=1S/C13H21N3O4S2/c1-10(17)9-15-4-6-16(7-5-15)12(18)8-11-2-3-13(21-11)22(14,19)20/h2-3,10,17H,4-9H2,1H3,(H2,14,19,20)/t10-/m0/s1. The maximum absolute atomic E-state index is 12.2. The van der Waals surface area contributed by atoms with Crippen LogP contribution in [0.25, 0.3) is 0 Å². The molecule has 1 amide bonds. The summed E-state index contributed by atoms with van der Waals surface area (Å²) in [5, 5.41) is 14.4. The van der Waals surface area contributed by atoms with Crippen LogP contribution < -0.4 is 5.14 Å². The van der Waals surface area contributed by atoms with E-state index in [1.165, 1.54) is 6.07 Å². The van der Waals surface area contributed by atoms with E-state index in [0.717, 1.165) is 24.4 Å². The zero-order valence-electron chi connectivity index (χ0n) is 12.4. The summed E-state index contributed by atoms with van der Waals surface area (Å²) in [7, 11) is -3.70. The third-order valence-corrected chi connectivity index (χ3v) is 6.01. The number of primary sulfonamides is 1. The number of aliphatic hydroxyl groups is 1. The van der Waals surface area contributed by atoms with E-state index < -0.39 is 10.0 Å². The Labute approximate surface area is 134 Å². The molecule has 2 rings (SSSR count). The Hall–Kier alpha value is -1.00. The van der Waals surface area contributed by atoms with Crippen LogP contribution in [-0.2, 0) is 21.2 Å². The normalized spacial score (nSPS) is 18.4. The number of nitrogens with zero attached hydrogens (tertiary/aromatic N) is 2. The zero-order valence-corrected chi connectivity index (χ0v) is 14.1. The van der Waals surface area contributed by atoms with Crippen LogP contribution >= 0.6 is 11.3 Å². The highest BCUT2D eigenvalue weighted by molar-refractivity contribution is 7.91. The predicted molar refractivity (Wildman–Crippen MR) is 84.1 cm³/mol. The fourth-order valence-corrected chi connectivity index (χ4v) is 4.19. The summed E-state index contributed by atoms with van der Waals surface area (Å²) in [6, 6.07) is 3.06. The highest BCUT2D eigenvalue weighted by Crippen LogP contribution is 2.21. The Morgan fingerprint density at radius 3 is 2.50 bits per heavy atom. The smallest absolute Gasteiger partial charge is 0.247 e. The van der Waals surface area contributed by atoms with Crippen molar-refractivity contribution in [2.75, 3.05) is 32.7 Å². The Balaban J connectivity index is 1.87. The monoisotopic (exact) mass is 347 g/mol. The van der Waals surface area contributed by atoms with Gasteiger partial charge in [0.1, 0.15) is 4.21 Å². The van der Waals surface area contributed by atoms with Crippen LogP contribution in [0.15, 0.2) is 16.3 Å². The molecule has 0 bridgehead atoms. The number of thiophene rings is 1. The topological polar surface area (TPSA) is 104 Å². The second-order valence-corrected chi connectivity index (χ2v) is 8.43. The lowest BCUT2D eigenvalue weighted by Crippen LogP contribution is -2.50. The Bertz CT molecular complexity index is 619. The molecule has 22 heavy (non-hydrogen) atoms. The molecule has 1 aromatic rings. The molecule has 1 saturated heterocycles. The van der Waals surface area contributed by atoms with E-state index in [2.05, 4.69) is 4.90 Å². The minimum atomic E-state index is -3.70. The molecule has 0 radical (unpaired) electrons. The number of hydrogen-bond donors (Lipinski definition) is 2. The summed E-state index contributed by atoms with van der Waals surface area (Å²) in [5.41, 5.74) is 0. The van der Waals surface area contributed by atoms with Crippen molar-refractivity contribution < 1.29 is 18.3 Å². The first-order valence-electron chi connectivity index (χ1n) is 7.05. The van der Waals surface area contributed by atoms with Crippen molar-refractivity contribution in [1.82, 2.24) is 9.80 Å². The molecular formula is C13H21N3O4S2. The van der Waals surface area contributed by atoms with Crippen LogP contribution in [0.3, 0.4) is 0 Å². The van der Waals surface area contributed by atoms with Crippen LogP contribution in [0.5, 0.6) is 0 Å². The van der Waals surface area contributed by atoms with Gasteiger partial charge in [-0.25, -0.2) is 13.6 Å². The van der Waals surface area contributed by atoms with Gasteiger partial charge >= 0.3 is 0 Å². The Morgan fingerprint density at radius 1 is 1.36 bits per heavy atom. The fraction of sp³-hybridized carbons (Fsp3) is 0.615. The van der Waals surface area contributed by atoms with Crippen LogP contribution in [0, 0.1) is 0 Å². The van der Waals surface area contributed by atoms with Crippen LogP contribution in [0.2, 0.25) is 0 Å². The first-order chi connectivity index (χ1) is 10.3. The van der Waals surface area contributed by atoms with E-state index in [-0.39, 0.29) is 22.6 Å². The summed E-state index contributed by atoms with van der Waals surface area (Å²) in [6.07, 6.45) is -0.179. The third-order valence-electron chi connectivity index (χ3n) is 3.49. The van der Waals surface area contributed by atoms with E-state index in [1.54, 1.807) is 17.9 Å². The molecule has 1 aliphatic rings. The average molecular weight is 347 g/mol. The highest BCUT2D eigenvalue weighted by atomic mass is 32.2. The number of hydrogen-bond acceptors (Lipinski definition) is 6. The second kappa shape index (κ2) is 7.05. The number of carbonyl (C=O) groups excluding carboxylic acids is 1.